The van der Waals surface area contributed by atoms with Gasteiger partial charge in [0.05, 0.1) is 0 Å². The topological polar surface area (TPSA) is 0 Å². The molecule has 0 fully saturated rings. The summed E-state index contributed by atoms with van der Waals surface area (Å²) in [6.45, 7) is 20.0. The van der Waals surface area contributed by atoms with Gasteiger partial charge in [0.2, 0.25) is 0 Å². The van der Waals surface area contributed by atoms with E-state index in [1.807, 2.05) is 39.8 Å². The lowest BCUT2D eigenvalue weighted by Crippen LogP contribution is -1.94. The van der Waals surface area contributed by atoms with Crippen molar-refractivity contribution in [3.8, 4) is 0 Å². The van der Waals surface area contributed by atoms with E-state index < -0.39 is 0 Å². The van der Waals surface area contributed by atoms with E-state index in [1.54, 1.807) is 6.08 Å². The van der Waals surface area contributed by atoms with Crippen molar-refractivity contribution in [3.63, 3.8) is 0 Å². The van der Waals surface area contributed by atoms with Gasteiger partial charge in [-0.2, -0.15) is 0 Å². The minimum absolute atomic E-state index is 0.608. The molecule has 90 valence electrons. The maximum absolute atomic E-state index is 3.98. The van der Waals surface area contributed by atoms with E-state index in [0.717, 1.165) is 0 Å². The molecule has 15 heavy (non-hydrogen) atoms. The molecule has 0 bridgehead atoms. The fraction of sp³-hybridized carbons (Fsp3) is 0.600. The zero-order chi connectivity index (χ0) is 12.7. The van der Waals surface area contributed by atoms with Gasteiger partial charge in [-0.15, -0.1) is 0 Å². The first kappa shape index (κ1) is 19.7. The summed E-state index contributed by atoms with van der Waals surface area (Å²) in [5, 5.41) is 0. The van der Waals surface area contributed by atoms with E-state index in [1.165, 1.54) is 18.4 Å². The molecule has 0 heteroatoms. The quantitative estimate of drug-likeness (QED) is 0.505. The van der Waals surface area contributed by atoms with Crippen molar-refractivity contribution in [2.75, 3.05) is 0 Å². The highest BCUT2D eigenvalue weighted by Gasteiger charge is 2.00. The lowest BCUT2D eigenvalue weighted by Gasteiger charge is -2.08. The summed E-state index contributed by atoms with van der Waals surface area (Å²) in [6.07, 6.45) is 8.20. The molecule has 1 unspecified atom stereocenters. The molecule has 0 amide bonds. The molecule has 0 aromatic heterocycles. The van der Waals surface area contributed by atoms with E-state index in [0.29, 0.717) is 5.92 Å². The van der Waals surface area contributed by atoms with Crippen LogP contribution in [-0.4, -0.2) is 0 Å². The van der Waals surface area contributed by atoms with Crippen LogP contribution in [0.3, 0.4) is 0 Å². The van der Waals surface area contributed by atoms with Gasteiger partial charge >= 0.3 is 0 Å². The predicted molar refractivity (Wildman–Crippen MR) is 75.2 cm³/mol. The first-order chi connectivity index (χ1) is 7.22. The Balaban J connectivity index is -0.000000318. The molecule has 0 nitrogen and oxygen atoms in total. The first-order valence-corrected chi connectivity index (χ1v) is 6.20. The average Bonchev–Trinajstić information content (AvgIpc) is 2.31. The van der Waals surface area contributed by atoms with Crippen LogP contribution in [0.15, 0.2) is 37.0 Å². The van der Waals surface area contributed by atoms with Crippen molar-refractivity contribution in [3.05, 3.63) is 37.0 Å². The standard InChI is InChI=1S/C11H18.2C2H6/c1-5-7-9-11(4)10(3)8-6-2;2*1-2/h5,7,9-10H,1,4,6,8H2,2-3H3;2*1-2H3/b9-7-;;. The van der Waals surface area contributed by atoms with Crippen LogP contribution in [0.5, 0.6) is 0 Å². The maximum Gasteiger partial charge on any atom is -0.0196 e. The van der Waals surface area contributed by atoms with Gasteiger partial charge in [-0.25, -0.2) is 0 Å². The van der Waals surface area contributed by atoms with Gasteiger partial charge in [-0.1, -0.05) is 84.9 Å². The molecule has 0 spiro atoms. The average molecular weight is 210 g/mol. The van der Waals surface area contributed by atoms with Crippen LogP contribution in [0.2, 0.25) is 0 Å². The van der Waals surface area contributed by atoms with Crippen molar-refractivity contribution in [2.45, 2.75) is 54.4 Å². The van der Waals surface area contributed by atoms with Gasteiger partial charge in [0.1, 0.15) is 0 Å². The van der Waals surface area contributed by atoms with E-state index >= 15 is 0 Å². The highest BCUT2D eigenvalue weighted by molar-refractivity contribution is 5.20. The Labute approximate surface area is 97.8 Å². The van der Waals surface area contributed by atoms with Crippen LogP contribution in [0, 0.1) is 5.92 Å². The largest absolute Gasteiger partial charge is 0.0991 e. The van der Waals surface area contributed by atoms with Crippen molar-refractivity contribution in [1.82, 2.24) is 0 Å². The third kappa shape index (κ3) is 15.9. The summed E-state index contributed by atoms with van der Waals surface area (Å²) < 4.78 is 0. The molecular weight excluding hydrogens is 180 g/mol. The molecule has 0 saturated carbocycles. The molecule has 0 saturated heterocycles. The van der Waals surface area contributed by atoms with Gasteiger partial charge in [-0.05, 0) is 12.3 Å². The monoisotopic (exact) mass is 210 g/mol. The molecule has 0 aromatic carbocycles. The second-order valence-electron chi connectivity index (χ2n) is 2.86. The molecule has 0 rings (SSSR count). The Kier molecular flexibility index (Phi) is 24.9. The summed E-state index contributed by atoms with van der Waals surface area (Å²) in [6, 6.07) is 0. The second-order valence-corrected chi connectivity index (χ2v) is 2.86. The van der Waals surface area contributed by atoms with Crippen molar-refractivity contribution in [2.24, 2.45) is 5.92 Å². The molecule has 0 N–H and O–H groups in total. The molecule has 1 atom stereocenters. The Morgan fingerprint density at radius 3 is 2.00 bits per heavy atom. The van der Waals surface area contributed by atoms with Crippen molar-refractivity contribution < 1.29 is 0 Å². The third-order valence-corrected chi connectivity index (χ3v) is 1.80. The Morgan fingerprint density at radius 1 is 1.20 bits per heavy atom. The lowest BCUT2D eigenvalue weighted by molar-refractivity contribution is 0.614. The maximum atomic E-state index is 3.98. The number of allylic oxidation sites excluding steroid dienone is 4. The fourth-order valence-corrected chi connectivity index (χ4v) is 0.974. The van der Waals surface area contributed by atoms with Crippen LogP contribution in [0.25, 0.3) is 0 Å². The normalized spacial score (nSPS) is 10.5. The first-order valence-electron chi connectivity index (χ1n) is 6.20. The molecule has 0 aliphatic rings. The molecule has 0 aromatic rings. The molecule has 0 aliphatic heterocycles. The lowest BCUT2D eigenvalue weighted by atomic mass is 9.97. The Hall–Kier alpha value is -0.780. The van der Waals surface area contributed by atoms with E-state index in [9.17, 15) is 0 Å². The van der Waals surface area contributed by atoms with Crippen LogP contribution in [0.1, 0.15) is 54.4 Å². The molecule has 0 aliphatic carbocycles. The van der Waals surface area contributed by atoms with Crippen molar-refractivity contribution in [1.29, 1.82) is 0 Å². The predicted octanol–water partition coefficient (Wildman–Crippen LogP) is 5.77. The van der Waals surface area contributed by atoms with E-state index in [4.69, 9.17) is 0 Å². The zero-order valence-corrected chi connectivity index (χ0v) is 11.6. The summed E-state index contributed by atoms with van der Waals surface area (Å²) >= 11 is 0. The summed E-state index contributed by atoms with van der Waals surface area (Å²) in [5.41, 5.74) is 1.20. The van der Waals surface area contributed by atoms with Crippen molar-refractivity contribution >= 4 is 0 Å². The number of rotatable bonds is 5. The Bertz CT molecular complexity index is 151. The number of hydrogen-bond donors (Lipinski definition) is 0. The summed E-state index contributed by atoms with van der Waals surface area (Å²) in [4.78, 5) is 0. The van der Waals surface area contributed by atoms with E-state index in [2.05, 4.69) is 27.0 Å². The minimum Gasteiger partial charge on any atom is -0.0991 e. The van der Waals surface area contributed by atoms with Crippen LogP contribution >= 0.6 is 0 Å². The molecule has 0 heterocycles. The van der Waals surface area contributed by atoms with Gasteiger partial charge in [-0.3, -0.25) is 0 Å². The van der Waals surface area contributed by atoms with E-state index in [-0.39, 0.29) is 0 Å². The van der Waals surface area contributed by atoms with Gasteiger partial charge < -0.3 is 0 Å². The zero-order valence-electron chi connectivity index (χ0n) is 11.6. The van der Waals surface area contributed by atoms with Crippen LogP contribution < -0.4 is 0 Å². The highest BCUT2D eigenvalue weighted by Crippen LogP contribution is 2.15. The summed E-state index contributed by atoms with van der Waals surface area (Å²) in [7, 11) is 0. The molecular formula is C15H30. The highest BCUT2D eigenvalue weighted by atomic mass is 14.1. The van der Waals surface area contributed by atoms with Gasteiger partial charge in [0.25, 0.3) is 0 Å². The Morgan fingerprint density at radius 2 is 1.67 bits per heavy atom. The molecule has 0 radical (unpaired) electrons. The van der Waals surface area contributed by atoms with Crippen LogP contribution in [-0.2, 0) is 0 Å². The van der Waals surface area contributed by atoms with Gasteiger partial charge in [0, 0.05) is 0 Å². The number of hydrogen-bond acceptors (Lipinski definition) is 0. The van der Waals surface area contributed by atoms with Crippen LogP contribution in [0.4, 0.5) is 0 Å². The smallest absolute Gasteiger partial charge is 0.0196 e. The van der Waals surface area contributed by atoms with Gasteiger partial charge in [0.15, 0.2) is 0 Å². The summed E-state index contributed by atoms with van der Waals surface area (Å²) in [5.74, 6) is 0.608. The minimum atomic E-state index is 0.608. The SMILES string of the molecule is C=C/C=C\C(=C)C(C)CCC.CC.CC. The fourth-order valence-electron chi connectivity index (χ4n) is 0.974. The third-order valence-electron chi connectivity index (χ3n) is 1.80. The second kappa shape index (κ2) is 18.9.